The normalized spacial score (nSPS) is 18.8. The van der Waals surface area contributed by atoms with E-state index in [9.17, 15) is 8.78 Å². The van der Waals surface area contributed by atoms with E-state index in [0.717, 1.165) is 26.2 Å². The van der Waals surface area contributed by atoms with E-state index in [0.29, 0.717) is 17.4 Å². The second kappa shape index (κ2) is 11.0. The Hall–Kier alpha value is -1.89. The summed E-state index contributed by atoms with van der Waals surface area (Å²) in [7, 11) is 0. The molecule has 1 aliphatic rings. The molecule has 5 nitrogen and oxygen atoms in total. The van der Waals surface area contributed by atoms with Crippen LogP contribution in [0.4, 0.5) is 8.78 Å². The molecular weight excluding hydrogens is 338 g/mol. The van der Waals surface area contributed by atoms with Crippen LogP contribution in [0.15, 0.2) is 29.3 Å². The summed E-state index contributed by atoms with van der Waals surface area (Å²) in [4.78, 5) is 7.00. The number of ether oxygens (including phenoxy) is 1. The summed E-state index contributed by atoms with van der Waals surface area (Å²) < 4.78 is 29.6. The standard InChI is InChI=1S/C19H30F2N4O/c1-3-22-19(23-12-15-8-7-11-25(4-2)14-15)24-13-16-9-5-6-10-17(16)26-18(20)21/h5-6,9-10,15,18H,3-4,7-8,11-14H2,1-2H3,(H2,22,23,24). The van der Waals surface area contributed by atoms with Gasteiger partial charge in [-0.3, -0.25) is 0 Å². The first kappa shape index (κ1) is 20.4. The number of guanidine groups is 1. The van der Waals surface area contributed by atoms with E-state index in [1.165, 1.54) is 19.4 Å². The van der Waals surface area contributed by atoms with E-state index >= 15 is 0 Å². The highest BCUT2D eigenvalue weighted by molar-refractivity contribution is 5.79. The number of likely N-dealkylation sites (tertiary alicyclic amines) is 1. The highest BCUT2D eigenvalue weighted by Crippen LogP contribution is 2.21. The number of hydrogen-bond acceptors (Lipinski definition) is 3. The highest BCUT2D eigenvalue weighted by atomic mass is 19.3. The Kier molecular flexibility index (Phi) is 8.61. The number of piperidine rings is 1. The number of nitrogens with one attached hydrogen (secondary N) is 2. The van der Waals surface area contributed by atoms with Crippen molar-refractivity contribution in [2.45, 2.75) is 39.8 Å². The van der Waals surface area contributed by atoms with Gasteiger partial charge in [0.2, 0.25) is 0 Å². The molecule has 146 valence electrons. The van der Waals surface area contributed by atoms with Crippen molar-refractivity contribution in [2.24, 2.45) is 10.9 Å². The largest absolute Gasteiger partial charge is 0.434 e. The molecule has 1 aromatic rings. The third kappa shape index (κ3) is 6.78. The Labute approximate surface area is 154 Å². The molecule has 0 spiro atoms. The SMILES string of the molecule is CCNC(=NCc1ccccc1OC(F)F)NCC1CCCN(CC)C1. The van der Waals surface area contributed by atoms with Gasteiger partial charge >= 0.3 is 6.61 Å². The molecule has 2 N–H and O–H groups in total. The molecule has 1 saturated heterocycles. The average molecular weight is 368 g/mol. The van der Waals surface area contributed by atoms with Crippen molar-refractivity contribution in [3.05, 3.63) is 29.8 Å². The second-order valence-electron chi connectivity index (χ2n) is 6.46. The summed E-state index contributed by atoms with van der Waals surface area (Å²) >= 11 is 0. The summed E-state index contributed by atoms with van der Waals surface area (Å²) in [6, 6.07) is 6.77. The zero-order valence-corrected chi connectivity index (χ0v) is 15.7. The summed E-state index contributed by atoms with van der Waals surface area (Å²) in [5.74, 6) is 1.47. The molecule has 0 bridgehead atoms. The van der Waals surface area contributed by atoms with Gasteiger partial charge in [-0.25, -0.2) is 4.99 Å². The van der Waals surface area contributed by atoms with Crippen molar-refractivity contribution in [3.8, 4) is 5.75 Å². The lowest BCUT2D eigenvalue weighted by Gasteiger charge is -2.32. The van der Waals surface area contributed by atoms with E-state index in [1.54, 1.807) is 24.3 Å². The molecule has 1 heterocycles. The van der Waals surface area contributed by atoms with Crippen LogP contribution in [0, 0.1) is 5.92 Å². The lowest BCUT2D eigenvalue weighted by molar-refractivity contribution is -0.0504. The maximum absolute atomic E-state index is 12.5. The minimum Gasteiger partial charge on any atom is -0.434 e. The third-order valence-electron chi connectivity index (χ3n) is 4.55. The molecule has 2 rings (SSSR count). The van der Waals surface area contributed by atoms with E-state index in [4.69, 9.17) is 0 Å². The molecule has 1 unspecified atom stereocenters. The van der Waals surface area contributed by atoms with Crippen LogP contribution < -0.4 is 15.4 Å². The molecule has 1 fully saturated rings. The minimum atomic E-state index is -2.83. The predicted molar refractivity (Wildman–Crippen MR) is 101 cm³/mol. The van der Waals surface area contributed by atoms with Gasteiger partial charge in [0, 0.05) is 25.2 Å². The lowest BCUT2D eigenvalue weighted by Crippen LogP contribution is -2.44. The van der Waals surface area contributed by atoms with Crippen LogP contribution in [0.1, 0.15) is 32.3 Å². The van der Waals surface area contributed by atoms with Crippen LogP contribution in [0.25, 0.3) is 0 Å². The van der Waals surface area contributed by atoms with Crippen LogP contribution in [-0.2, 0) is 6.54 Å². The Morgan fingerprint density at radius 3 is 2.85 bits per heavy atom. The van der Waals surface area contributed by atoms with Crippen LogP contribution >= 0.6 is 0 Å². The van der Waals surface area contributed by atoms with Crippen molar-refractivity contribution in [1.82, 2.24) is 15.5 Å². The van der Waals surface area contributed by atoms with Crippen molar-refractivity contribution in [2.75, 3.05) is 32.7 Å². The molecule has 1 atom stereocenters. The summed E-state index contributed by atoms with van der Waals surface area (Å²) in [5, 5.41) is 6.60. The monoisotopic (exact) mass is 368 g/mol. The fourth-order valence-electron chi connectivity index (χ4n) is 3.20. The number of aliphatic imine (C=N–C) groups is 1. The van der Waals surface area contributed by atoms with Gasteiger partial charge in [-0.1, -0.05) is 25.1 Å². The maximum Gasteiger partial charge on any atom is 0.387 e. The predicted octanol–water partition coefficient (Wildman–Crippen LogP) is 3.08. The molecule has 1 aliphatic heterocycles. The van der Waals surface area contributed by atoms with Gasteiger partial charge in [-0.2, -0.15) is 8.78 Å². The number of hydrogen-bond donors (Lipinski definition) is 2. The zero-order valence-electron chi connectivity index (χ0n) is 15.7. The first-order valence-electron chi connectivity index (χ1n) is 9.39. The Bertz CT molecular complexity index is 568. The molecule has 0 aliphatic carbocycles. The topological polar surface area (TPSA) is 48.9 Å². The molecular formula is C19H30F2N4O. The smallest absolute Gasteiger partial charge is 0.387 e. The quantitative estimate of drug-likeness (QED) is 0.547. The number of nitrogens with zero attached hydrogens (tertiary/aromatic N) is 2. The number of halogens is 2. The van der Waals surface area contributed by atoms with Gasteiger partial charge < -0.3 is 20.3 Å². The first-order chi connectivity index (χ1) is 12.6. The fraction of sp³-hybridized carbons (Fsp3) is 0.632. The van der Waals surface area contributed by atoms with Crippen LogP contribution in [0.5, 0.6) is 5.75 Å². The molecule has 26 heavy (non-hydrogen) atoms. The van der Waals surface area contributed by atoms with Crippen molar-refractivity contribution >= 4 is 5.96 Å². The maximum atomic E-state index is 12.5. The lowest BCUT2D eigenvalue weighted by atomic mass is 9.98. The number of benzene rings is 1. The molecule has 0 aromatic heterocycles. The van der Waals surface area contributed by atoms with Gasteiger partial charge in [0.15, 0.2) is 5.96 Å². The van der Waals surface area contributed by atoms with E-state index < -0.39 is 6.61 Å². The van der Waals surface area contributed by atoms with Crippen molar-refractivity contribution in [3.63, 3.8) is 0 Å². The van der Waals surface area contributed by atoms with Crippen LogP contribution in [0.3, 0.4) is 0 Å². The highest BCUT2D eigenvalue weighted by Gasteiger charge is 2.18. The third-order valence-corrected chi connectivity index (χ3v) is 4.55. The Morgan fingerprint density at radius 2 is 2.12 bits per heavy atom. The van der Waals surface area contributed by atoms with E-state index in [-0.39, 0.29) is 12.3 Å². The van der Waals surface area contributed by atoms with Crippen LogP contribution in [0.2, 0.25) is 0 Å². The molecule has 7 heteroatoms. The Balaban J connectivity index is 1.94. The molecule has 0 saturated carbocycles. The number of alkyl halides is 2. The number of para-hydroxylation sites is 1. The van der Waals surface area contributed by atoms with Crippen LogP contribution in [-0.4, -0.2) is 50.2 Å². The fourth-order valence-corrected chi connectivity index (χ4v) is 3.20. The Morgan fingerprint density at radius 1 is 1.31 bits per heavy atom. The van der Waals surface area contributed by atoms with Gasteiger partial charge in [-0.05, 0) is 44.8 Å². The van der Waals surface area contributed by atoms with Gasteiger partial charge in [0.1, 0.15) is 5.75 Å². The van der Waals surface area contributed by atoms with E-state index in [1.807, 2.05) is 6.92 Å². The minimum absolute atomic E-state index is 0.174. The van der Waals surface area contributed by atoms with E-state index in [2.05, 4.69) is 32.2 Å². The molecule has 0 amide bonds. The summed E-state index contributed by atoms with van der Waals surface area (Å²) in [6.45, 7) is 6.62. The summed E-state index contributed by atoms with van der Waals surface area (Å²) in [5.41, 5.74) is 0.639. The molecule has 1 aromatic carbocycles. The second-order valence-corrected chi connectivity index (χ2v) is 6.46. The van der Waals surface area contributed by atoms with Gasteiger partial charge in [0.05, 0.1) is 6.54 Å². The first-order valence-corrected chi connectivity index (χ1v) is 9.39. The van der Waals surface area contributed by atoms with Gasteiger partial charge in [0.25, 0.3) is 0 Å². The summed E-state index contributed by atoms with van der Waals surface area (Å²) in [6.07, 6.45) is 2.44. The average Bonchev–Trinajstić information content (AvgIpc) is 2.65. The van der Waals surface area contributed by atoms with Crippen molar-refractivity contribution < 1.29 is 13.5 Å². The zero-order chi connectivity index (χ0) is 18.8. The number of rotatable bonds is 8. The molecule has 0 radical (unpaired) electrons. The van der Waals surface area contributed by atoms with Crippen molar-refractivity contribution in [1.29, 1.82) is 0 Å². The van der Waals surface area contributed by atoms with Gasteiger partial charge in [-0.15, -0.1) is 0 Å².